The van der Waals surface area contributed by atoms with E-state index in [1.807, 2.05) is 73.8 Å². The molecule has 4 aromatic rings. The average Bonchev–Trinajstić information content (AvgIpc) is 3.38. The number of benzene rings is 2. The summed E-state index contributed by atoms with van der Waals surface area (Å²) in [5, 5.41) is 0. The van der Waals surface area contributed by atoms with Gasteiger partial charge >= 0.3 is 5.97 Å². The monoisotopic (exact) mass is 558 g/mol. The Morgan fingerprint density at radius 2 is 1.77 bits per heavy atom. The molecule has 0 spiro atoms. The van der Waals surface area contributed by atoms with E-state index in [2.05, 4.69) is 4.99 Å². The molecule has 0 unspecified atom stereocenters. The number of thiazole rings is 1. The first kappa shape index (κ1) is 27.3. The summed E-state index contributed by atoms with van der Waals surface area (Å²) >= 11 is 1.29. The van der Waals surface area contributed by atoms with Crippen LogP contribution < -0.4 is 19.8 Å². The smallest absolute Gasteiger partial charge is 0.338 e. The Labute approximate surface area is 235 Å². The lowest BCUT2D eigenvalue weighted by molar-refractivity contribution is -0.139. The molecular formula is C31H31FN4O3S. The third kappa shape index (κ3) is 4.81. The van der Waals surface area contributed by atoms with Crippen molar-refractivity contribution in [3.05, 3.63) is 114 Å². The van der Waals surface area contributed by atoms with Crippen LogP contribution in [0.25, 0.3) is 11.8 Å². The van der Waals surface area contributed by atoms with Gasteiger partial charge in [0.15, 0.2) is 4.80 Å². The van der Waals surface area contributed by atoms with E-state index >= 15 is 0 Å². The quantitative estimate of drug-likeness (QED) is 0.329. The predicted molar refractivity (Wildman–Crippen MR) is 156 cm³/mol. The maximum absolute atomic E-state index is 14.0. The van der Waals surface area contributed by atoms with Gasteiger partial charge in [-0.2, -0.15) is 0 Å². The van der Waals surface area contributed by atoms with Crippen LogP contribution in [0.3, 0.4) is 0 Å². The first-order valence-electron chi connectivity index (χ1n) is 13.0. The molecule has 1 atom stereocenters. The Hall–Kier alpha value is -4.24. The lowest BCUT2D eigenvalue weighted by Gasteiger charge is -2.25. The Bertz CT molecular complexity index is 1810. The van der Waals surface area contributed by atoms with E-state index in [-0.39, 0.29) is 18.0 Å². The fourth-order valence-electron chi connectivity index (χ4n) is 5.12. The molecule has 1 aliphatic rings. The summed E-state index contributed by atoms with van der Waals surface area (Å²) in [7, 11) is 3.92. The Morgan fingerprint density at radius 3 is 2.40 bits per heavy atom. The molecule has 7 nitrogen and oxygen atoms in total. The topological polar surface area (TPSA) is 68.8 Å². The number of rotatable bonds is 6. The molecule has 40 heavy (non-hydrogen) atoms. The highest BCUT2D eigenvalue weighted by molar-refractivity contribution is 7.07. The van der Waals surface area contributed by atoms with Gasteiger partial charge in [-0.25, -0.2) is 14.2 Å². The van der Waals surface area contributed by atoms with Crippen molar-refractivity contribution in [1.82, 2.24) is 9.13 Å². The number of hydrogen-bond acceptors (Lipinski definition) is 6. The van der Waals surface area contributed by atoms with E-state index < -0.39 is 12.0 Å². The number of nitrogens with zero attached hydrogens (tertiary/aromatic N) is 4. The van der Waals surface area contributed by atoms with Crippen LogP contribution in [0, 0.1) is 19.7 Å². The first-order chi connectivity index (χ1) is 19.1. The first-order valence-corrected chi connectivity index (χ1v) is 13.8. The minimum Gasteiger partial charge on any atom is -0.463 e. The number of allylic oxidation sites excluding steroid dienone is 1. The Kier molecular flexibility index (Phi) is 7.33. The maximum atomic E-state index is 14.0. The van der Waals surface area contributed by atoms with Crippen LogP contribution in [0.4, 0.5) is 10.1 Å². The second-order valence-corrected chi connectivity index (χ2v) is 10.9. The van der Waals surface area contributed by atoms with E-state index in [0.717, 1.165) is 33.9 Å². The lowest BCUT2D eigenvalue weighted by Crippen LogP contribution is -2.40. The van der Waals surface area contributed by atoms with Crippen molar-refractivity contribution in [2.75, 3.05) is 25.6 Å². The molecule has 0 N–H and O–H groups in total. The van der Waals surface area contributed by atoms with Crippen molar-refractivity contribution in [1.29, 1.82) is 0 Å². The Balaban J connectivity index is 1.67. The lowest BCUT2D eigenvalue weighted by atomic mass is 9.95. The summed E-state index contributed by atoms with van der Waals surface area (Å²) in [4.78, 5) is 34.3. The number of hydrogen-bond donors (Lipinski definition) is 0. The number of carbonyl (C=O) groups excluding carboxylic acids is 1. The Morgan fingerprint density at radius 1 is 1.10 bits per heavy atom. The van der Waals surface area contributed by atoms with Gasteiger partial charge in [-0.15, -0.1) is 0 Å². The van der Waals surface area contributed by atoms with Crippen molar-refractivity contribution in [3.63, 3.8) is 0 Å². The fraction of sp³-hybridized carbons (Fsp3) is 0.258. The second kappa shape index (κ2) is 10.7. The van der Waals surface area contributed by atoms with Gasteiger partial charge in [0, 0.05) is 36.9 Å². The predicted octanol–water partition coefficient (Wildman–Crippen LogP) is 4.41. The molecule has 9 heteroatoms. The highest BCUT2D eigenvalue weighted by Gasteiger charge is 2.33. The second-order valence-electron chi connectivity index (χ2n) is 9.93. The van der Waals surface area contributed by atoms with E-state index in [1.54, 1.807) is 30.5 Å². The molecular weight excluding hydrogens is 527 g/mol. The van der Waals surface area contributed by atoms with Crippen LogP contribution in [-0.4, -0.2) is 35.8 Å². The van der Waals surface area contributed by atoms with Gasteiger partial charge in [-0.05, 0) is 87.4 Å². The molecule has 0 amide bonds. The van der Waals surface area contributed by atoms with Gasteiger partial charge in [0.25, 0.3) is 5.56 Å². The SMILES string of the molecule is CCOC(=O)C1=C(C)N=c2sc(=Cc3cc(C)n(-c4ccc(F)cc4)c3C)c(=O)n2[C@H]1c1ccc(N(C)C)cc1. The standard InChI is InChI=1S/C31H31FN4O3S/c1-7-39-30(38)27-19(3)33-31-36(28(27)21-8-12-24(13-9-21)34(5)6)29(37)26(40-31)17-22-16-18(2)35(20(22)4)25-14-10-23(32)11-15-25/h8-17,28H,7H2,1-6H3/t28-/m0/s1. The van der Waals surface area contributed by atoms with E-state index in [9.17, 15) is 14.0 Å². The van der Waals surface area contributed by atoms with E-state index in [4.69, 9.17) is 4.74 Å². The fourth-order valence-corrected chi connectivity index (χ4v) is 6.16. The third-order valence-corrected chi connectivity index (χ3v) is 8.07. The molecule has 206 valence electrons. The minimum atomic E-state index is -0.666. The minimum absolute atomic E-state index is 0.218. The average molecular weight is 559 g/mol. The zero-order valence-corrected chi connectivity index (χ0v) is 24.2. The van der Waals surface area contributed by atoms with Gasteiger partial charge in [0.05, 0.1) is 28.5 Å². The summed E-state index contributed by atoms with van der Waals surface area (Å²) in [5.74, 6) is -0.779. The van der Waals surface area contributed by atoms with Crippen molar-refractivity contribution in [3.8, 4) is 5.69 Å². The highest BCUT2D eigenvalue weighted by Crippen LogP contribution is 2.31. The highest BCUT2D eigenvalue weighted by atomic mass is 32.1. The molecule has 0 saturated heterocycles. The van der Waals surface area contributed by atoms with E-state index in [0.29, 0.717) is 20.6 Å². The molecule has 1 aliphatic heterocycles. The van der Waals surface area contributed by atoms with Crippen molar-refractivity contribution in [2.45, 2.75) is 33.7 Å². The van der Waals surface area contributed by atoms with Gasteiger partial charge < -0.3 is 14.2 Å². The maximum Gasteiger partial charge on any atom is 0.338 e. The third-order valence-electron chi connectivity index (χ3n) is 7.08. The number of aryl methyl sites for hydroxylation is 1. The number of carbonyl (C=O) groups is 1. The summed E-state index contributed by atoms with van der Waals surface area (Å²) in [6.07, 6.45) is 1.86. The van der Waals surface area contributed by atoms with Gasteiger partial charge in [0.2, 0.25) is 0 Å². The van der Waals surface area contributed by atoms with Crippen LogP contribution in [0.2, 0.25) is 0 Å². The summed E-state index contributed by atoms with van der Waals surface area (Å²) in [6, 6.07) is 15.5. The number of esters is 1. The summed E-state index contributed by atoms with van der Waals surface area (Å²) in [6.45, 7) is 7.70. The van der Waals surface area contributed by atoms with Gasteiger partial charge in [-0.3, -0.25) is 9.36 Å². The molecule has 0 radical (unpaired) electrons. The van der Waals surface area contributed by atoms with Crippen LogP contribution in [-0.2, 0) is 9.53 Å². The number of ether oxygens (including phenoxy) is 1. The molecule has 0 saturated carbocycles. The molecule has 2 aromatic carbocycles. The molecule has 3 heterocycles. The normalized spacial score (nSPS) is 15.2. The summed E-state index contributed by atoms with van der Waals surface area (Å²) in [5.41, 5.74) is 6.06. The van der Waals surface area contributed by atoms with Gasteiger partial charge in [-0.1, -0.05) is 23.5 Å². The van der Waals surface area contributed by atoms with Crippen molar-refractivity contribution in [2.24, 2.45) is 4.99 Å². The molecule has 0 aliphatic carbocycles. The number of anilines is 1. The van der Waals surface area contributed by atoms with Crippen molar-refractivity contribution < 1.29 is 13.9 Å². The molecule has 0 bridgehead atoms. The number of fused-ring (bicyclic) bond motifs is 1. The molecule has 2 aromatic heterocycles. The zero-order valence-electron chi connectivity index (χ0n) is 23.4. The zero-order chi connectivity index (χ0) is 28.7. The molecule has 0 fully saturated rings. The van der Waals surface area contributed by atoms with Gasteiger partial charge in [0.1, 0.15) is 5.82 Å². The van der Waals surface area contributed by atoms with Crippen LogP contribution in [0.15, 0.2) is 75.7 Å². The summed E-state index contributed by atoms with van der Waals surface area (Å²) < 4.78 is 23.0. The largest absolute Gasteiger partial charge is 0.463 e. The van der Waals surface area contributed by atoms with Crippen molar-refractivity contribution >= 4 is 29.1 Å². The molecule has 5 rings (SSSR count). The van der Waals surface area contributed by atoms with Crippen LogP contribution in [0.1, 0.15) is 42.4 Å². The number of halogens is 1. The van der Waals surface area contributed by atoms with E-state index in [1.165, 1.54) is 23.5 Å². The van der Waals surface area contributed by atoms with Crippen LogP contribution in [0.5, 0.6) is 0 Å². The number of aromatic nitrogens is 2. The van der Waals surface area contributed by atoms with Crippen LogP contribution >= 0.6 is 11.3 Å².